The molecule has 1 aliphatic heterocycles. The Bertz CT molecular complexity index is 667. The lowest BCUT2D eigenvalue weighted by Gasteiger charge is -2.35. The second kappa shape index (κ2) is 7.51. The van der Waals surface area contributed by atoms with Crippen molar-refractivity contribution in [3.63, 3.8) is 0 Å². The summed E-state index contributed by atoms with van der Waals surface area (Å²) >= 11 is 0. The predicted molar refractivity (Wildman–Crippen MR) is 90.5 cm³/mol. The number of aliphatic hydroxyl groups is 1. The molecule has 6 heteroatoms. The van der Waals surface area contributed by atoms with Crippen molar-refractivity contribution >= 4 is 5.91 Å². The lowest BCUT2D eigenvalue weighted by atomic mass is 10.1. The van der Waals surface area contributed by atoms with Gasteiger partial charge in [-0.2, -0.15) is 0 Å². The van der Waals surface area contributed by atoms with Gasteiger partial charge in [-0.25, -0.2) is 4.98 Å². The fourth-order valence-corrected chi connectivity index (χ4v) is 2.82. The molecule has 0 bridgehead atoms. The van der Waals surface area contributed by atoms with E-state index in [1.165, 1.54) is 6.20 Å². The first-order valence-corrected chi connectivity index (χ1v) is 8.17. The SMILES string of the molecule is Cc1cnc(C(=O)N2CCN(C[C@H](O)c3ccccc3)CC2)cn1. The maximum absolute atomic E-state index is 12.4. The number of hydrogen-bond acceptors (Lipinski definition) is 5. The Hall–Kier alpha value is -2.31. The lowest BCUT2D eigenvalue weighted by molar-refractivity contribution is 0.0522. The first kappa shape index (κ1) is 16.5. The fourth-order valence-electron chi connectivity index (χ4n) is 2.82. The van der Waals surface area contributed by atoms with Gasteiger partial charge >= 0.3 is 0 Å². The van der Waals surface area contributed by atoms with Gasteiger partial charge in [-0.1, -0.05) is 30.3 Å². The van der Waals surface area contributed by atoms with E-state index in [0.717, 1.165) is 24.3 Å². The summed E-state index contributed by atoms with van der Waals surface area (Å²) in [6.45, 7) is 5.18. The van der Waals surface area contributed by atoms with Crippen molar-refractivity contribution in [1.29, 1.82) is 0 Å². The van der Waals surface area contributed by atoms with Crippen molar-refractivity contribution in [2.45, 2.75) is 13.0 Å². The minimum atomic E-state index is -0.503. The Labute approximate surface area is 141 Å². The van der Waals surface area contributed by atoms with E-state index in [9.17, 15) is 9.90 Å². The van der Waals surface area contributed by atoms with Crippen molar-refractivity contribution in [3.05, 3.63) is 59.7 Å². The molecular weight excluding hydrogens is 304 g/mol. The van der Waals surface area contributed by atoms with E-state index in [2.05, 4.69) is 14.9 Å². The smallest absolute Gasteiger partial charge is 0.274 e. The number of aliphatic hydroxyl groups excluding tert-OH is 1. The number of aromatic nitrogens is 2. The Kier molecular flexibility index (Phi) is 5.17. The molecule has 24 heavy (non-hydrogen) atoms. The zero-order chi connectivity index (χ0) is 16.9. The van der Waals surface area contributed by atoms with E-state index in [4.69, 9.17) is 0 Å². The van der Waals surface area contributed by atoms with E-state index >= 15 is 0 Å². The normalized spacial score (nSPS) is 16.8. The summed E-state index contributed by atoms with van der Waals surface area (Å²) in [6, 6.07) is 9.66. The average molecular weight is 326 g/mol. The van der Waals surface area contributed by atoms with E-state index in [-0.39, 0.29) is 5.91 Å². The molecule has 3 rings (SSSR count). The summed E-state index contributed by atoms with van der Waals surface area (Å²) in [5, 5.41) is 10.3. The van der Waals surface area contributed by atoms with Crippen LogP contribution in [0.2, 0.25) is 0 Å². The number of piperazine rings is 1. The van der Waals surface area contributed by atoms with E-state index in [1.54, 1.807) is 11.1 Å². The number of aryl methyl sites for hydroxylation is 1. The predicted octanol–water partition coefficient (Wildman–Crippen LogP) is 1.28. The molecule has 1 aromatic carbocycles. The van der Waals surface area contributed by atoms with E-state index < -0.39 is 6.10 Å². The van der Waals surface area contributed by atoms with Crippen LogP contribution < -0.4 is 0 Å². The van der Waals surface area contributed by atoms with Crippen LogP contribution in [0.25, 0.3) is 0 Å². The van der Waals surface area contributed by atoms with Gasteiger partial charge in [-0.3, -0.25) is 14.7 Å². The second-order valence-electron chi connectivity index (χ2n) is 6.06. The van der Waals surface area contributed by atoms with Crippen LogP contribution in [-0.2, 0) is 0 Å². The molecule has 0 aliphatic carbocycles. The van der Waals surface area contributed by atoms with E-state index in [1.807, 2.05) is 37.3 Å². The maximum atomic E-state index is 12.4. The molecule has 0 spiro atoms. The Balaban J connectivity index is 1.52. The topological polar surface area (TPSA) is 69.6 Å². The molecule has 1 amide bonds. The van der Waals surface area contributed by atoms with Gasteiger partial charge in [-0.05, 0) is 12.5 Å². The van der Waals surface area contributed by atoms with Gasteiger partial charge in [-0.15, -0.1) is 0 Å². The highest BCUT2D eigenvalue weighted by Crippen LogP contribution is 2.15. The van der Waals surface area contributed by atoms with Crippen LogP contribution in [0.3, 0.4) is 0 Å². The molecule has 2 aromatic rings. The van der Waals surface area contributed by atoms with Gasteiger partial charge in [0.15, 0.2) is 0 Å². The minimum Gasteiger partial charge on any atom is -0.387 e. The van der Waals surface area contributed by atoms with Gasteiger partial charge in [0.2, 0.25) is 0 Å². The number of hydrogen-bond donors (Lipinski definition) is 1. The second-order valence-corrected chi connectivity index (χ2v) is 6.06. The van der Waals surface area contributed by atoms with Crippen LogP contribution in [-0.4, -0.2) is 63.5 Å². The van der Waals surface area contributed by atoms with Crippen molar-refractivity contribution in [2.24, 2.45) is 0 Å². The van der Waals surface area contributed by atoms with Crippen LogP contribution in [0, 0.1) is 6.92 Å². The minimum absolute atomic E-state index is 0.0780. The summed E-state index contributed by atoms with van der Waals surface area (Å²) in [5.41, 5.74) is 2.11. The van der Waals surface area contributed by atoms with Gasteiger partial charge in [0, 0.05) is 38.9 Å². The average Bonchev–Trinajstić information content (AvgIpc) is 2.63. The standard InChI is InChI=1S/C18H22N4O2/c1-14-11-20-16(12-19-14)18(24)22-9-7-21(8-10-22)13-17(23)15-5-3-2-4-6-15/h2-6,11-12,17,23H,7-10,13H2,1H3/t17-/m0/s1. The number of amides is 1. The van der Waals surface area contributed by atoms with Crippen LogP contribution in [0.5, 0.6) is 0 Å². The molecule has 1 fully saturated rings. The number of carbonyl (C=O) groups is 1. The monoisotopic (exact) mass is 326 g/mol. The van der Waals surface area contributed by atoms with Crippen molar-refractivity contribution in [1.82, 2.24) is 19.8 Å². The van der Waals surface area contributed by atoms with Crippen LogP contribution >= 0.6 is 0 Å². The Morgan fingerprint density at radius 2 is 1.83 bits per heavy atom. The molecule has 0 saturated carbocycles. The van der Waals surface area contributed by atoms with Crippen LogP contribution in [0.1, 0.15) is 27.8 Å². The quantitative estimate of drug-likeness (QED) is 0.916. The van der Waals surface area contributed by atoms with Gasteiger partial charge < -0.3 is 10.0 Å². The molecule has 1 saturated heterocycles. The van der Waals surface area contributed by atoms with E-state index in [0.29, 0.717) is 25.3 Å². The van der Waals surface area contributed by atoms with Crippen LogP contribution in [0.15, 0.2) is 42.7 Å². The van der Waals surface area contributed by atoms with Crippen molar-refractivity contribution < 1.29 is 9.90 Å². The van der Waals surface area contributed by atoms with Gasteiger partial charge in [0.1, 0.15) is 5.69 Å². The number of β-amino-alcohol motifs (C(OH)–C–C–N with tert-alkyl or cyclic N) is 1. The zero-order valence-electron chi connectivity index (χ0n) is 13.8. The van der Waals surface area contributed by atoms with Crippen LogP contribution in [0.4, 0.5) is 0 Å². The molecule has 1 atom stereocenters. The third-order valence-electron chi connectivity index (χ3n) is 4.28. The summed E-state index contributed by atoms with van der Waals surface area (Å²) in [7, 11) is 0. The molecule has 1 N–H and O–H groups in total. The maximum Gasteiger partial charge on any atom is 0.274 e. The molecule has 0 unspecified atom stereocenters. The third kappa shape index (κ3) is 3.96. The number of benzene rings is 1. The van der Waals surface area contributed by atoms with Crippen molar-refractivity contribution in [3.8, 4) is 0 Å². The molecular formula is C18H22N4O2. The highest BCUT2D eigenvalue weighted by Gasteiger charge is 2.24. The summed E-state index contributed by atoms with van der Waals surface area (Å²) in [4.78, 5) is 24.7. The zero-order valence-corrected chi connectivity index (χ0v) is 13.8. The Morgan fingerprint density at radius 1 is 1.12 bits per heavy atom. The molecule has 6 nitrogen and oxygen atoms in total. The molecule has 2 heterocycles. The molecule has 1 aliphatic rings. The number of nitrogens with zero attached hydrogens (tertiary/aromatic N) is 4. The summed E-state index contributed by atoms with van der Waals surface area (Å²) in [5.74, 6) is -0.0780. The fraction of sp³-hybridized carbons (Fsp3) is 0.389. The first-order chi connectivity index (χ1) is 11.6. The van der Waals surface area contributed by atoms with Crippen molar-refractivity contribution in [2.75, 3.05) is 32.7 Å². The van der Waals surface area contributed by atoms with Gasteiger partial charge in [0.05, 0.1) is 18.0 Å². The first-order valence-electron chi connectivity index (χ1n) is 8.17. The molecule has 0 radical (unpaired) electrons. The Morgan fingerprint density at radius 3 is 2.46 bits per heavy atom. The largest absolute Gasteiger partial charge is 0.387 e. The summed E-state index contributed by atoms with van der Waals surface area (Å²) in [6.07, 6.45) is 2.64. The highest BCUT2D eigenvalue weighted by molar-refractivity contribution is 5.92. The van der Waals surface area contributed by atoms with Gasteiger partial charge in [0.25, 0.3) is 5.91 Å². The molecule has 1 aromatic heterocycles. The molecule has 126 valence electrons. The summed E-state index contributed by atoms with van der Waals surface area (Å²) < 4.78 is 0. The lowest BCUT2D eigenvalue weighted by Crippen LogP contribution is -2.49. The highest BCUT2D eigenvalue weighted by atomic mass is 16.3. The number of rotatable bonds is 4. The third-order valence-corrected chi connectivity index (χ3v) is 4.28. The number of carbonyl (C=O) groups excluding carboxylic acids is 1.